The Morgan fingerprint density at radius 2 is 2.11 bits per heavy atom. The fourth-order valence-electron chi connectivity index (χ4n) is 1.52. The summed E-state index contributed by atoms with van der Waals surface area (Å²) in [6.07, 6.45) is 0.609. The maximum absolute atomic E-state index is 13.2. The molecule has 0 bridgehead atoms. The zero-order valence-electron chi connectivity index (χ0n) is 9.22. The van der Waals surface area contributed by atoms with Crippen molar-refractivity contribution in [2.45, 2.75) is 0 Å². The summed E-state index contributed by atoms with van der Waals surface area (Å²) < 4.78 is 13.2. The summed E-state index contributed by atoms with van der Waals surface area (Å²) in [4.78, 5) is 14.6. The first kappa shape index (κ1) is 11.7. The van der Waals surface area contributed by atoms with Crippen molar-refractivity contribution in [2.24, 2.45) is 0 Å². The van der Waals surface area contributed by atoms with Gasteiger partial charge < -0.3 is 5.73 Å². The number of aromatic nitrogens is 1. The number of hydrogen-bond acceptors (Lipinski definition) is 4. The van der Waals surface area contributed by atoms with E-state index in [2.05, 4.69) is 4.98 Å². The monoisotopic (exact) mass is 241 g/mol. The number of halogens is 1. The maximum atomic E-state index is 13.2. The van der Waals surface area contributed by atoms with E-state index in [-0.39, 0.29) is 11.4 Å². The van der Waals surface area contributed by atoms with Crippen molar-refractivity contribution < 1.29 is 9.18 Å². The summed E-state index contributed by atoms with van der Waals surface area (Å²) in [5.41, 5.74) is 6.87. The maximum Gasteiger partial charge on any atom is 0.153 e. The zero-order chi connectivity index (χ0) is 13.1. The highest BCUT2D eigenvalue weighted by Gasteiger charge is 2.07. The molecule has 2 rings (SSSR count). The molecule has 1 aromatic heterocycles. The SMILES string of the molecule is N#Cc1cc(-c2ccc(C=O)c(N)n2)ccc1F. The standard InChI is InChI=1S/C13H8FN3O/c14-11-3-1-8(5-10(11)6-15)12-4-2-9(7-18)13(16)17-12/h1-5,7H,(H2,16,17). The van der Waals surface area contributed by atoms with E-state index in [9.17, 15) is 9.18 Å². The number of nitriles is 1. The Labute approximate surface area is 102 Å². The summed E-state index contributed by atoms with van der Waals surface area (Å²) in [6.45, 7) is 0. The first-order valence-electron chi connectivity index (χ1n) is 5.07. The van der Waals surface area contributed by atoms with E-state index in [1.165, 1.54) is 24.3 Å². The van der Waals surface area contributed by atoms with Crippen LogP contribution in [0.3, 0.4) is 0 Å². The van der Waals surface area contributed by atoms with Crippen molar-refractivity contribution in [3.8, 4) is 17.3 Å². The highest BCUT2D eigenvalue weighted by Crippen LogP contribution is 2.22. The molecule has 0 aliphatic rings. The Morgan fingerprint density at radius 1 is 1.33 bits per heavy atom. The van der Waals surface area contributed by atoms with Crippen LogP contribution in [0.5, 0.6) is 0 Å². The summed E-state index contributed by atoms with van der Waals surface area (Å²) in [5.74, 6) is -0.482. The topological polar surface area (TPSA) is 79.8 Å². The van der Waals surface area contributed by atoms with E-state index in [1.54, 1.807) is 12.1 Å². The first-order valence-corrected chi connectivity index (χ1v) is 5.07. The van der Waals surface area contributed by atoms with Crippen LogP contribution in [-0.4, -0.2) is 11.3 Å². The molecule has 0 radical (unpaired) electrons. The number of carbonyl (C=O) groups excluding carboxylic acids is 1. The molecular formula is C13H8FN3O. The van der Waals surface area contributed by atoms with Gasteiger partial charge in [-0.2, -0.15) is 5.26 Å². The van der Waals surface area contributed by atoms with Gasteiger partial charge in [0.05, 0.1) is 16.8 Å². The molecule has 0 unspecified atom stereocenters. The predicted molar refractivity (Wildman–Crippen MR) is 64.1 cm³/mol. The van der Waals surface area contributed by atoms with E-state index < -0.39 is 5.82 Å². The highest BCUT2D eigenvalue weighted by atomic mass is 19.1. The van der Waals surface area contributed by atoms with Crippen LogP contribution < -0.4 is 5.73 Å². The molecule has 0 atom stereocenters. The van der Waals surface area contributed by atoms with Gasteiger partial charge in [0.2, 0.25) is 0 Å². The van der Waals surface area contributed by atoms with Crippen LogP contribution in [0.4, 0.5) is 10.2 Å². The van der Waals surface area contributed by atoms with Crippen molar-refractivity contribution in [3.63, 3.8) is 0 Å². The van der Waals surface area contributed by atoms with Crippen LogP contribution >= 0.6 is 0 Å². The van der Waals surface area contributed by atoms with Crippen LogP contribution in [0.1, 0.15) is 15.9 Å². The third-order valence-corrected chi connectivity index (χ3v) is 2.47. The molecule has 5 heteroatoms. The molecule has 4 nitrogen and oxygen atoms in total. The fourth-order valence-corrected chi connectivity index (χ4v) is 1.52. The van der Waals surface area contributed by atoms with Crippen LogP contribution in [0.25, 0.3) is 11.3 Å². The second kappa shape index (κ2) is 4.63. The number of anilines is 1. The molecule has 88 valence electrons. The summed E-state index contributed by atoms with van der Waals surface area (Å²) in [7, 11) is 0. The van der Waals surface area contributed by atoms with Gasteiger partial charge in [-0.25, -0.2) is 9.37 Å². The van der Waals surface area contributed by atoms with E-state index in [1.807, 2.05) is 0 Å². The van der Waals surface area contributed by atoms with Gasteiger partial charge in [-0.15, -0.1) is 0 Å². The number of nitrogens with zero attached hydrogens (tertiary/aromatic N) is 2. The van der Waals surface area contributed by atoms with Gasteiger partial charge >= 0.3 is 0 Å². The lowest BCUT2D eigenvalue weighted by Gasteiger charge is -2.04. The van der Waals surface area contributed by atoms with Gasteiger partial charge in [-0.3, -0.25) is 4.79 Å². The molecule has 0 fully saturated rings. The van der Waals surface area contributed by atoms with Crippen molar-refractivity contribution in [1.29, 1.82) is 5.26 Å². The lowest BCUT2D eigenvalue weighted by Crippen LogP contribution is -1.98. The summed E-state index contributed by atoms with van der Waals surface area (Å²) in [6, 6.07) is 8.95. The van der Waals surface area contributed by atoms with E-state index in [0.717, 1.165) is 0 Å². The van der Waals surface area contributed by atoms with Gasteiger partial charge in [-0.1, -0.05) is 0 Å². The second-order valence-electron chi connectivity index (χ2n) is 3.60. The number of nitrogens with two attached hydrogens (primary N) is 1. The lowest BCUT2D eigenvalue weighted by atomic mass is 10.1. The minimum absolute atomic E-state index is 0.0627. The molecule has 1 aromatic carbocycles. The van der Waals surface area contributed by atoms with Gasteiger partial charge in [0.1, 0.15) is 17.7 Å². The molecule has 2 aromatic rings. The third kappa shape index (κ3) is 2.04. The van der Waals surface area contributed by atoms with Crippen LogP contribution in [0, 0.1) is 17.1 Å². The Balaban J connectivity index is 2.53. The average molecular weight is 241 g/mol. The quantitative estimate of drug-likeness (QED) is 0.817. The smallest absolute Gasteiger partial charge is 0.153 e. The van der Waals surface area contributed by atoms with Gasteiger partial charge in [-0.05, 0) is 30.3 Å². The second-order valence-corrected chi connectivity index (χ2v) is 3.60. The Morgan fingerprint density at radius 3 is 2.72 bits per heavy atom. The number of hydrogen-bond donors (Lipinski definition) is 1. The molecule has 0 amide bonds. The zero-order valence-corrected chi connectivity index (χ0v) is 9.22. The molecule has 0 aliphatic heterocycles. The number of rotatable bonds is 2. The van der Waals surface area contributed by atoms with Crippen LogP contribution in [0.15, 0.2) is 30.3 Å². The molecule has 0 saturated heterocycles. The van der Waals surface area contributed by atoms with E-state index in [4.69, 9.17) is 11.0 Å². The molecule has 18 heavy (non-hydrogen) atoms. The van der Waals surface area contributed by atoms with Crippen molar-refractivity contribution in [3.05, 3.63) is 47.3 Å². The lowest BCUT2D eigenvalue weighted by molar-refractivity contribution is 0.112. The van der Waals surface area contributed by atoms with E-state index >= 15 is 0 Å². The number of nitrogen functional groups attached to an aromatic ring is 1. The van der Waals surface area contributed by atoms with E-state index in [0.29, 0.717) is 23.1 Å². The molecule has 0 spiro atoms. The first-order chi connectivity index (χ1) is 8.65. The van der Waals surface area contributed by atoms with Gasteiger partial charge in [0.25, 0.3) is 0 Å². The predicted octanol–water partition coefficient (Wildman–Crippen LogP) is 2.15. The van der Waals surface area contributed by atoms with Crippen molar-refractivity contribution in [2.75, 3.05) is 5.73 Å². The molecule has 1 heterocycles. The molecule has 2 N–H and O–H groups in total. The number of carbonyl (C=O) groups is 1. The number of benzene rings is 1. The van der Waals surface area contributed by atoms with Gasteiger partial charge in [0.15, 0.2) is 6.29 Å². The largest absolute Gasteiger partial charge is 0.383 e. The molecular weight excluding hydrogens is 233 g/mol. The molecule has 0 aliphatic carbocycles. The average Bonchev–Trinajstić information content (AvgIpc) is 2.39. The number of pyridine rings is 1. The number of aldehydes is 1. The highest BCUT2D eigenvalue weighted by molar-refractivity contribution is 5.82. The van der Waals surface area contributed by atoms with Gasteiger partial charge in [0, 0.05) is 5.56 Å². The van der Waals surface area contributed by atoms with Crippen molar-refractivity contribution >= 4 is 12.1 Å². The summed E-state index contributed by atoms with van der Waals surface area (Å²) >= 11 is 0. The summed E-state index contributed by atoms with van der Waals surface area (Å²) in [5, 5.41) is 8.75. The van der Waals surface area contributed by atoms with Crippen LogP contribution in [-0.2, 0) is 0 Å². The minimum atomic E-state index is -0.585. The third-order valence-electron chi connectivity index (χ3n) is 2.47. The minimum Gasteiger partial charge on any atom is -0.383 e. The fraction of sp³-hybridized carbons (Fsp3) is 0. The Kier molecular flexibility index (Phi) is 3.02. The normalized spacial score (nSPS) is 9.78. The Hall–Kier alpha value is -2.74. The van der Waals surface area contributed by atoms with Crippen LogP contribution in [0.2, 0.25) is 0 Å². The molecule has 0 saturated carbocycles. The van der Waals surface area contributed by atoms with Crippen molar-refractivity contribution in [1.82, 2.24) is 4.98 Å². The Bertz CT molecular complexity index is 662.